The van der Waals surface area contributed by atoms with Gasteiger partial charge in [0.25, 0.3) is 12.3 Å². The molecule has 4 aromatic rings. The number of alkyl halides is 2. The molecule has 0 aliphatic heterocycles. The lowest BCUT2D eigenvalue weighted by atomic mass is 10.1. The smallest absolute Gasteiger partial charge is 0.284 e. The highest BCUT2D eigenvalue weighted by molar-refractivity contribution is 6.03. The molecule has 0 atom stereocenters. The summed E-state index contributed by atoms with van der Waals surface area (Å²) in [4.78, 5) is 16.6. The number of oxazole rings is 1. The van der Waals surface area contributed by atoms with E-state index in [0.29, 0.717) is 11.3 Å². The summed E-state index contributed by atoms with van der Waals surface area (Å²) < 4.78 is 35.1. The molecule has 0 bridgehead atoms. The first-order valence-corrected chi connectivity index (χ1v) is 9.17. The average Bonchev–Trinajstić information content (AvgIpc) is 3.47. The van der Waals surface area contributed by atoms with Crippen LogP contribution in [0.3, 0.4) is 0 Å². The third kappa shape index (κ3) is 3.84. The van der Waals surface area contributed by atoms with Crippen molar-refractivity contribution in [3.05, 3.63) is 66.1 Å². The summed E-state index contributed by atoms with van der Waals surface area (Å²) in [6, 6.07) is 7.36. The van der Waals surface area contributed by atoms with Crippen LogP contribution in [-0.2, 0) is 13.5 Å². The van der Waals surface area contributed by atoms with Gasteiger partial charge in [-0.25, -0.2) is 18.4 Å². The van der Waals surface area contributed by atoms with E-state index >= 15 is 0 Å². The molecule has 1 amide bonds. The normalized spacial score (nSPS) is 11.2. The minimum absolute atomic E-state index is 0.0471. The van der Waals surface area contributed by atoms with E-state index in [1.165, 1.54) is 17.1 Å². The number of benzene rings is 1. The van der Waals surface area contributed by atoms with Gasteiger partial charge >= 0.3 is 0 Å². The summed E-state index contributed by atoms with van der Waals surface area (Å²) in [7, 11) is 1.74. The van der Waals surface area contributed by atoms with Crippen LogP contribution in [0, 0.1) is 0 Å². The fraction of sp³-hybridized carbons (Fsp3) is 0.200. The lowest BCUT2D eigenvalue weighted by Crippen LogP contribution is -2.13. The Labute approximate surface area is 170 Å². The quantitative estimate of drug-likeness (QED) is 0.517. The van der Waals surface area contributed by atoms with E-state index in [9.17, 15) is 13.6 Å². The first kappa shape index (κ1) is 19.5. The maximum atomic E-state index is 13.5. The van der Waals surface area contributed by atoms with Crippen LogP contribution in [0.25, 0.3) is 17.1 Å². The van der Waals surface area contributed by atoms with Crippen molar-refractivity contribution in [3.63, 3.8) is 0 Å². The van der Waals surface area contributed by atoms with Gasteiger partial charge in [-0.15, -0.1) is 0 Å². The molecule has 0 fully saturated rings. The van der Waals surface area contributed by atoms with Gasteiger partial charge in [0.05, 0.1) is 29.3 Å². The van der Waals surface area contributed by atoms with Crippen molar-refractivity contribution in [1.29, 1.82) is 0 Å². The molecule has 1 N–H and O–H groups in total. The molecule has 154 valence electrons. The highest BCUT2D eigenvalue weighted by Gasteiger charge is 2.22. The van der Waals surface area contributed by atoms with Gasteiger partial charge < -0.3 is 9.73 Å². The Balaban J connectivity index is 1.58. The van der Waals surface area contributed by atoms with E-state index in [2.05, 4.69) is 20.5 Å². The molecule has 0 radical (unpaired) electrons. The van der Waals surface area contributed by atoms with E-state index in [1.54, 1.807) is 30.1 Å². The number of nitrogens with one attached hydrogen (secondary N) is 1. The molecule has 4 rings (SSSR count). The first-order chi connectivity index (χ1) is 14.4. The van der Waals surface area contributed by atoms with Crippen molar-refractivity contribution >= 4 is 11.6 Å². The molecule has 0 saturated heterocycles. The number of hydrogen-bond donors (Lipinski definition) is 1. The van der Waals surface area contributed by atoms with Gasteiger partial charge in [-0.3, -0.25) is 9.48 Å². The molecule has 8 nitrogen and oxygen atoms in total. The fourth-order valence-corrected chi connectivity index (χ4v) is 2.89. The van der Waals surface area contributed by atoms with E-state index in [-0.39, 0.29) is 17.3 Å². The number of carbonyl (C=O) groups excluding carboxylic acids is 1. The van der Waals surface area contributed by atoms with Crippen molar-refractivity contribution in [1.82, 2.24) is 24.5 Å². The lowest BCUT2D eigenvalue weighted by Gasteiger charge is -2.02. The standard InChI is InChI=1S/C20H18F2N6O2/c1-3-12-4-6-14(7-5-12)28-10-15(17(26-28)18(21)22)24-19(29)16-11-30-20(25-16)13-8-23-27(2)9-13/h4-11,18H,3H2,1-2H3,(H,24,29). The minimum Gasteiger partial charge on any atom is -0.444 e. The molecule has 0 unspecified atom stereocenters. The second-order valence-corrected chi connectivity index (χ2v) is 6.59. The van der Waals surface area contributed by atoms with Crippen LogP contribution in [0.1, 0.15) is 35.1 Å². The Morgan fingerprint density at radius 2 is 2.00 bits per heavy atom. The minimum atomic E-state index is -2.86. The highest BCUT2D eigenvalue weighted by Crippen LogP contribution is 2.28. The maximum absolute atomic E-state index is 13.5. The Morgan fingerprint density at radius 3 is 2.63 bits per heavy atom. The summed E-state index contributed by atoms with van der Waals surface area (Å²) in [6.45, 7) is 2.02. The van der Waals surface area contributed by atoms with Crippen LogP contribution in [0.2, 0.25) is 0 Å². The second kappa shape index (κ2) is 7.90. The molecule has 3 heterocycles. The number of hydrogen-bond acceptors (Lipinski definition) is 5. The molecular formula is C20H18F2N6O2. The number of halogens is 2. The van der Waals surface area contributed by atoms with Crippen molar-refractivity contribution < 1.29 is 18.0 Å². The predicted molar refractivity (Wildman–Crippen MR) is 105 cm³/mol. The van der Waals surface area contributed by atoms with Gasteiger partial charge in [-0.2, -0.15) is 10.2 Å². The summed E-state index contributed by atoms with van der Waals surface area (Å²) in [5.41, 5.74) is 1.64. The summed E-state index contributed by atoms with van der Waals surface area (Å²) >= 11 is 0. The van der Waals surface area contributed by atoms with Gasteiger partial charge in [0.1, 0.15) is 6.26 Å². The highest BCUT2D eigenvalue weighted by atomic mass is 19.3. The molecular weight excluding hydrogens is 394 g/mol. The van der Waals surface area contributed by atoms with Crippen LogP contribution < -0.4 is 5.32 Å². The van der Waals surface area contributed by atoms with E-state index in [4.69, 9.17) is 4.42 Å². The summed E-state index contributed by atoms with van der Waals surface area (Å²) in [5.74, 6) is -0.481. The number of aromatic nitrogens is 5. The molecule has 1 aromatic carbocycles. The molecule has 0 spiro atoms. The third-order valence-electron chi connectivity index (χ3n) is 4.50. The zero-order valence-corrected chi connectivity index (χ0v) is 16.2. The molecule has 3 aromatic heterocycles. The van der Waals surface area contributed by atoms with E-state index < -0.39 is 18.0 Å². The number of rotatable bonds is 6. The van der Waals surface area contributed by atoms with Crippen LogP contribution in [0.5, 0.6) is 0 Å². The molecule has 30 heavy (non-hydrogen) atoms. The summed E-state index contributed by atoms with van der Waals surface area (Å²) in [5, 5.41) is 10.4. The van der Waals surface area contributed by atoms with Gasteiger partial charge in [0.2, 0.25) is 5.89 Å². The fourth-order valence-electron chi connectivity index (χ4n) is 2.89. The lowest BCUT2D eigenvalue weighted by molar-refractivity contribution is 0.102. The Bertz CT molecular complexity index is 1180. The Kier molecular flexibility index (Phi) is 5.13. The number of anilines is 1. The van der Waals surface area contributed by atoms with Crippen LogP contribution >= 0.6 is 0 Å². The van der Waals surface area contributed by atoms with Gasteiger partial charge in [-0.05, 0) is 24.1 Å². The van der Waals surface area contributed by atoms with E-state index in [0.717, 1.165) is 18.2 Å². The average molecular weight is 412 g/mol. The number of aryl methyl sites for hydroxylation is 2. The second-order valence-electron chi connectivity index (χ2n) is 6.59. The maximum Gasteiger partial charge on any atom is 0.284 e. The number of amides is 1. The zero-order valence-electron chi connectivity index (χ0n) is 16.2. The van der Waals surface area contributed by atoms with Crippen molar-refractivity contribution in [3.8, 4) is 17.1 Å². The molecule has 0 saturated carbocycles. The molecule has 0 aliphatic rings. The van der Waals surface area contributed by atoms with Gasteiger partial charge in [0, 0.05) is 13.2 Å². The van der Waals surface area contributed by atoms with Gasteiger partial charge in [0.15, 0.2) is 11.4 Å². The predicted octanol–water partition coefficient (Wildman–Crippen LogP) is 4.01. The zero-order chi connectivity index (χ0) is 21.3. The van der Waals surface area contributed by atoms with Crippen LogP contribution in [-0.4, -0.2) is 30.5 Å². The van der Waals surface area contributed by atoms with Crippen molar-refractivity contribution in [2.24, 2.45) is 7.05 Å². The van der Waals surface area contributed by atoms with E-state index in [1.807, 2.05) is 19.1 Å². The van der Waals surface area contributed by atoms with Crippen molar-refractivity contribution in [2.45, 2.75) is 19.8 Å². The Hall–Kier alpha value is -3.82. The molecule has 10 heteroatoms. The van der Waals surface area contributed by atoms with Crippen LogP contribution in [0.15, 0.2) is 53.5 Å². The topological polar surface area (TPSA) is 90.8 Å². The first-order valence-electron chi connectivity index (χ1n) is 9.17. The largest absolute Gasteiger partial charge is 0.444 e. The third-order valence-corrected chi connectivity index (χ3v) is 4.50. The number of nitrogens with zero attached hydrogens (tertiary/aromatic N) is 5. The monoisotopic (exact) mass is 412 g/mol. The Morgan fingerprint density at radius 1 is 1.23 bits per heavy atom. The van der Waals surface area contributed by atoms with Crippen molar-refractivity contribution in [2.75, 3.05) is 5.32 Å². The number of carbonyl (C=O) groups is 1. The van der Waals surface area contributed by atoms with Crippen LogP contribution in [0.4, 0.5) is 14.5 Å². The SMILES string of the molecule is CCc1ccc(-n2cc(NC(=O)c3coc(-c4cnn(C)c4)n3)c(C(F)F)n2)cc1. The molecule has 0 aliphatic carbocycles. The summed E-state index contributed by atoms with van der Waals surface area (Å²) in [6.07, 6.45) is 3.73. The van der Waals surface area contributed by atoms with Gasteiger partial charge in [-0.1, -0.05) is 19.1 Å².